The number of rotatable bonds is 4. The van der Waals surface area contributed by atoms with Crippen LogP contribution in [0.1, 0.15) is 6.92 Å². The van der Waals surface area contributed by atoms with Crippen molar-refractivity contribution >= 4 is 23.6 Å². The highest BCUT2D eigenvalue weighted by atomic mass is 19.1. The third-order valence-electron chi connectivity index (χ3n) is 3.33. The largest absolute Gasteiger partial charge is 0.465 e. The summed E-state index contributed by atoms with van der Waals surface area (Å²) in [6.07, 6.45) is 5.71. The standard InChI is InChI=1S/C18H16FNO6/c1-11(21)26-12-7-8-14(19)15(10-12)20-9-5-4-6-13(17(22)24-2)16(20)18(23)25-3/h4-10H,1-3H3. The number of allylic oxidation sites excluding steroid dienone is 2. The summed E-state index contributed by atoms with van der Waals surface area (Å²) in [4.78, 5) is 36.6. The first-order valence-electron chi connectivity index (χ1n) is 7.42. The Morgan fingerprint density at radius 3 is 2.35 bits per heavy atom. The van der Waals surface area contributed by atoms with Gasteiger partial charge in [0.25, 0.3) is 0 Å². The summed E-state index contributed by atoms with van der Waals surface area (Å²) in [7, 11) is 2.29. The van der Waals surface area contributed by atoms with E-state index in [2.05, 4.69) is 4.74 Å². The van der Waals surface area contributed by atoms with Crippen molar-refractivity contribution in [2.75, 3.05) is 19.1 Å². The molecule has 0 saturated heterocycles. The number of hydrogen-bond donors (Lipinski definition) is 0. The molecule has 0 fully saturated rings. The Labute approximate surface area is 148 Å². The van der Waals surface area contributed by atoms with Gasteiger partial charge in [-0.25, -0.2) is 14.0 Å². The number of carbonyl (C=O) groups is 3. The van der Waals surface area contributed by atoms with Gasteiger partial charge in [-0.3, -0.25) is 4.79 Å². The quantitative estimate of drug-likeness (QED) is 0.601. The molecule has 0 radical (unpaired) electrons. The molecule has 7 nitrogen and oxygen atoms in total. The van der Waals surface area contributed by atoms with Crippen molar-refractivity contribution in [3.8, 4) is 5.75 Å². The summed E-state index contributed by atoms with van der Waals surface area (Å²) < 4.78 is 28.8. The average Bonchev–Trinajstić information content (AvgIpc) is 2.84. The zero-order chi connectivity index (χ0) is 19.3. The highest BCUT2D eigenvalue weighted by Crippen LogP contribution is 2.31. The second kappa shape index (κ2) is 8.11. The molecule has 0 aliphatic carbocycles. The molecule has 26 heavy (non-hydrogen) atoms. The van der Waals surface area contributed by atoms with Crippen LogP contribution in [0.5, 0.6) is 5.75 Å². The second-order valence-corrected chi connectivity index (χ2v) is 5.02. The first-order valence-corrected chi connectivity index (χ1v) is 7.42. The molecule has 0 unspecified atom stereocenters. The lowest BCUT2D eigenvalue weighted by molar-refractivity contribution is -0.139. The van der Waals surface area contributed by atoms with Crippen LogP contribution in [-0.2, 0) is 23.9 Å². The maximum Gasteiger partial charge on any atom is 0.355 e. The summed E-state index contributed by atoms with van der Waals surface area (Å²) in [5.74, 6) is -2.90. The van der Waals surface area contributed by atoms with Gasteiger partial charge in [0.2, 0.25) is 0 Å². The van der Waals surface area contributed by atoms with Crippen LogP contribution in [0.4, 0.5) is 10.1 Å². The van der Waals surface area contributed by atoms with E-state index in [1.807, 2.05) is 0 Å². The van der Waals surface area contributed by atoms with E-state index in [-0.39, 0.29) is 22.7 Å². The van der Waals surface area contributed by atoms with Crippen molar-refractivity contribution in [1.29, 1.82) is 0 Å². The topological polar surface area (TPSA) is 82.1 Å². The van der Waals surface area contributed by atoms with Gasteiger partial charge in [0.1, 0.15) is 17.3 Å². The van der Waals surface area contributed by atoms with E-state index < -0.39 is 23.7 Å². The summed E-state index contributed by atoms with van der Waals surface area (Å²) in [5.41, 5.74) is -0.490. The number of methoxy groups -OCH3 is 2. The van der Waals surface area contributed by atoms with Crippen LogP contribution >= 0.6 is 0 Å². The van der Waals surface area contributed by atoms with Gasteiger partial charge in [-0.1, -0.05) is 6.08 Å². The van der Waals surface area contributed by atoms with Gasteiger partial charge in [-0.05, 0) is 24.3 Å². The summed E-state index contributed by atoms with van der Waals surface area (Å²) in [6.45, 7) is 1.20. The van der Waals surface area contributed by atoms with Crippen LogP contribution in [-0.4, -0.2) is 32.1 Å². The molecule has 1 aliphatic heterocycles. The molecule has 0 N–H and O–H groups in total. The molecule has 1 aliphatic rings. The number of benzene rings is 1. The molecule has 0 bridgehead atoms. The van der Waals surface area contributed by atoms with Crippen molar-refractivity contribution in [1.82, 2.24) is 0 Å². The molecule has 1 heterocycles. The van der Waals surface area contributed by atoms with Crippen molar-refractivity contribution in [3.63, 3.8) is 0 Å². The van der Waals surface area contributed by atoms with Crippen molar-refractivity contribution in [2.45, 2.75) is 6.92 Å². The fraction of sp³-hybridized carbons (Fsp3) is 0.167. The van der Waals surface area contributed by atoms with Crippen LogP contribution in [0.2, 0.25) is 0 Å². The molecule has 0 amide bonds. The van der Waals surface area contributed by atoms with Crippen molar-refractivity contribution in [3.05, 3.63) is 59.7 Å². The van der Waals surface area contributed by atoms with Crippen LogP contribution in [0.15, 0.2) is 53.9 Å². The Hall–Kier alpha value is -3.42. The molecule has 0 atom stereocenters. The van der Waals surface area contributed by atoms with Gasteiger partial charge in [-0.2, -0.15) is 0 Å². The number of hydrogen-bond acceptors (Lipinski definition) is 7. The van der Waals surface area contributed by atoms with Gasteiger partial charge in [0, 0.05) is 19.2 Å². The van der Waals surface area contributed by atoms with Gasteiger partial charge in [0.15, 0.2) is 0 Å². The minimum atomic E-state index is -0.876. The summed E-state index contributed by atoms with van der Waals surface area (Å²) >= 11 is 0. The number of carbonyl (C=O) groups excluding carboxylic acids is 3. The molecule has 8 heteroatoms. The van der Waals surface area contributed by atoms with Crippen LogP contribution < -0.4 is 9.64 Å². The van der Waals surface area contributed by atoms with E-state index in [0.717, 1.165) is 25.2 Å². The fourth-order valence-corrected chi connectivity index (χ4v) is 2.26. The first-order chi connectivity index (χ1) is 12.4. The smallest absolute Gasteiger partial charge is 0.355 e. The molecule has 0 saturated carbocycles. The Morgan fingerprint density at radius 2 is 1.73 bits per heavy atom. The lowest BCUT2D eigenvalue weighted by Gasteiger charge is -2.23. The van der Waals surface area contributed by atoms with E-state index in [9.17, 15) is 18.8 Å². The van der Waals surface area contributed by atoms with Gasteiger partial charge < -0.3 is 19.1 Å². The normalized spacial score (nSPS) is 13.3. The number of anilines is 1. The third kappa shape index (κ3) is 3.97. The SMILES string of the molecule is COC(=O)C1=C(C(=O)OC)N(c2cc(OC(C)=O)ccc2F)C=CC=C1. The number of halogens is 1. The predicted octanol–water partition coefficient (Wildman–Crippen LogP) is 2.24. The zero-order valence-corrected chi connectivity index (χ0v) is 14.3. The Kier molecular flexibility index (Phi) is 5.90. The Bertz CT molecular complexity index is 840. The highest BCUT2D eigenvalue weighted by molar-refractivity contribution is 6.05. The molecule has 1 aromatic rings. The maximum atomic E-state index is 14.4. The van der Waals surface area contributed by atoms with E-state index in [0.29, 0.717) is 0 Å². The molecule has 2 rings (SSSR count). The van der Waals surface area contributed by atoms with Crippen LogP contribution in [0.3, 0.4) is 0 Å². The first kappa shape index (κ1) is 18.9. The molecular formula is C18H16FNO6. The Morgan fingerprint density at radius 1 is 1.04 bits per heavy atom. The van der Waals surface area contributed by atoms with Gasteiger partial charge in [-0.15, -0.1) is 0 Å². The third-order valence-corrected chi connectivity index (χ3v) is 3.33. The number of ether oxygens (including phenoxy) is 3. The summed E-state index contributed by atoms with van der Waals surface area (Å²) in [6, 6.07) is 3.57. The van der Waals surface area contributed by atoms with Crippen molar-refractivity contribution in [2.24, 2.45) is 0 Å². The zero-order valence-electron chi connectivity index (χ0n) is 14.3. The van der Waals surface area contributed by atoms with Gasteiger partial charge in [0.05, 0.1) is 25.5 Å². The molecule has 1 aromatic carbocycles. The van der Waals surface area contributed by atoms with E-state index >= 15 is 0 Å². The number of esters is 3. The van der Waals surface area contributed by atoms with Crippen molar-refractivity contribution < 1.29 is 33.0 Å². The molecule has 0 aromatic heterocycles. The lowest BCUT2D eigenvalue weighted by atomic mass is 10.1. The molecule has 0 spiro atoms. The van der Waals surface area contributed by atoms with E-state index in [1.165, 1.54) is 43.5 Å². The second-order valence-electron chi connectivity index (χ2n) is 5.02. The lowest BCUT2D eigenvalue weighted by Crippen LogP contribution is -2.27. The average molecular weight is 361 g/mol. The molecular weight excluding hydrogens is 345 g/mol. The predicted molar refractivity (Wildman–Crippen MR) is 89.5 cm³/mol. The molecule has 136 valence electrons. The minimum Gasteiger partial charge on any atom is -0.465 e. The Balaban J connectivity index is 2.67. The maximum absolute atomic E-state index is 14.4. The monoisotopic (exact) mass is 361 g/mol. The van der Waals surface area contributed by atoms with Crippen LogP contribution in [0.25, 0.3) is 0 Å². The summed E-state index contributed by atoms with van der Waals surface area (Å²) in [5, 5.41) is 0. The van der Waals surface area contributed by atoms with Crippen LogP contribution in [0, 0.1) is 5.82 Å². The van der Waals surface area contributed by atoms with E-state index in [4.69, 9.17) is 9.47 Å². The number of nitrogens with zero attached hydrogens (tertiary/aromatic N) is 1. The minimum absolute atomic E-state index is 0.0725. The highest BCUT2D eigenvalue weighted by Gasteiger charge is 2.29. The van der Waals surface area contributed by atoms with Gasteiger partial charge >= 0.3 is 17.9 Å². The van der Waals surface area contributed by atoms with E-state index in [1.54, 1.807) is 0 Å². The fourth-order valence-electron chi connectivity index (χ4n) is 2.26.